The Bertz CT molecular complexity index is 634. The maximum absolute atomic E-state index is 5.58. The molecule has 0 spiro atoms. The lowest BCUT2D eigenvalue weighted by Gasteiger charge is -2.35. The Hall–Kier alpha value is -1.76. The van der Waals surface area contributed by atoms with Crippen LogP contribution in [0.3, 0.4) is 0 Å². The van der Waals surface area contributed by atoms with Crippen LogP contribution >= 0.6 is 0 Å². The van der Waals surface area contributed by atoms with Gasteiger partial charge in [0, 0.05) is 20.0 Å². The van der Waals surface area contributed by atoms with E-state index in [2.05, 4.69) is 32.1 Å². The summed E-state index contributed by atoms with van der Waals surface area (Å²) in [6, 6.07) is 0.169. The van der Waals surface area contributed by atoms with Gasteiger partial charge in [0.1, 0.15) is 11.6 Å². The van der Waals surface area contributed by atoms with E-state index >= 15 is 0 Å². The second-order valence-corrected chi connectivity index (χ2v) is 6.23. The van der Waals surface area contributed by atoms with Gasteiger partial charge < -0.3 is 4.42 Å². The highest BCUT2D eigenvalue weighted by molar-refractivity contribution is 4.92. The van der Waals surface area contributed by atoms with Gasteiger partial charge in [-0.05, 0) is 46.1 Å². The van der Waals surface area contributed by atoms with Crippen LogP contribution in [0.15, 0.2) is 4.42 Å². The molecule has 7 nitrogen and oxygen atoms in total. The van der Waals surface area contributed by atoms with Gasteiger partial charge in [-0.1, -0.05) is 0 Å². The average Bonchev–Trinajstić information content (AvgIpc) is 3.05. The van der Waals surface area contributed by atoms with Crippen molar-refractivity contribution in [3.63, 3.8) is 0 Å². The van der Waals surface area contributed by atoms with E-state index in [1.807, 2.05) is 25.5 Å². The molecule has 0 aromatic carbocycles. The lowest BCUT2D eigenvalue weighted by atomic mass is 9.97. The van der Waals surface area contributed by atoms with Crippen LogP contribution in [0.25, 0.3) is 0 Å². The lowest BCUT2D eigenvalue weighted by molar-refractivity contribution is 0.106. The highest BCUT2D eigenvalue weighted by Crippen LogP contribution is 2.26. The zero-order chi connectivity index (χ0) is 15.7. The molecule has 2 atom stereocenters. The largest absolute Gasteiger partial charge is 0.424 e. The summed E-state index contributed by atoms with van der Waals surface area (Å²) in [5.74, 6) is 3.77. The summed E-state index contributed by atoms with van der Waals surface area (Å²) in [5.41, 5.74) is 0. The minimum Gasteiger partial charge on any atom is -0.424 e. The predicted molar refractivity (Wildman–Crippen MR) is 81.2 cm³/mol. The molecule has 120 valence electrons. The van der Waals surface area contributed by atoms with Crippen molar-refractivity contribution < 1.29 is 4.42 Å². The monoisotopic (exact) mass is 304 g/mol. The second kappa shape index (κ2) is 6.16. The van der Waals surface area contributed by atoms with Crippen molar-refractivity contribution in [3.8, 4) is 0 Å². The van der Waals surface area contributed by atoms with Crippen LogP contribution in [-0.2, 0) is 6.54 Å². The van der Waals surface area contributed by atoms with E-state index in [1.165, 1.54) is 12.8 Å². The van der Waals surface area contributed by atoms with Crippen molar-refractivity contribution >= 4 is 0 Å². The summed E-state index contributed by atoms with van der Waals surface area (Å²) in [5, 5.41) is 12.6. The van der Waals surface area contributed by atoms with E-state index in [1.54, 1.807) is 0 Å². The van der Waals surface area contributed by atoms with Crippen LogP contribution in [0.4, 0.5) is 0 Å². The molecule has 2 aromatic heterocycles. The fraction of sp³-hybridized carbons (Fsp3) is 0.733. The van der Waals surface area contributed by atoms with Crippen LogP contribution in [-0.4, -0.2) is 43.0 Å². The summed E-state index contributed by atoms with van der Waals surface area (Å²) in [6.07, 6.45) is 2.42. The fourth-order valence-electron chi connectivity index (χ4n) is 3.21. The summed E-state index contributed by atoms with van der Waals surface area (Å²) < 4.78 is 7.62. The van der Waals surface area contributed by atoms with Gasteiger partial charge in [-0.3, -0.25) is 4.90 Å². The number of hydrogen-bond donors (Lipinski definition) is 0. The standard InChI is InChI=1S/C15H24N6O/c1-10(15-18-17-13(4)22-15)20-7-5-6-14(8-20)9-21-12(3)16-11(2)19-21/h10,14H,5-9H2,1-4H3/t10-,14+/m0/s1. The van der Waals surface area contributed by atoms with E-state index < -0.39 is 0 Å². The Kier molecular flexibility index (Phi) is 4.24. The molecule has 0 unspecified atom stereocenters. The third-order valence-electron chi connectivity index (χ3n) is 4.39. The predicted octanol–water partition coefficient (Wildman–Crippen LogP) is 2.06. The average molecular weight is 304 g/mol. The molecule has 1 aliphatic rings. The van der Waals surface area contributed by atoms with Crippen molar-refractivity contribution in [1.29, 1.82) is 0 Å². The third kappa shape index (κ3) is 3.19. The first-order chi connectivity index (χ1) is 10.5. The third-order valence-corrected chi connectivity index (χ3v) is 4.39. The number of aryl methyl sites for hydroxylation is 3. The van der Waals surface area contributed by atoms with Gasteiger partial charge in [0.25, 0.3) is 0 Å². The van der Waals surface area contributed by atoms with Crippen molar-refractivity contribution in [2.24, 2.45) is 5.92 Å². The maximum atomic E-state index is 5.58. The highest BCUT2D eigenvalue weighted by Gasteiger charge is 2.27. The number of aromatic nitrogens is 5. The Balaban J connectivity index is 1.65. The van der Waals surface area contributed by atoms with E-state index in [9.17, 15) is 0 Å². The molecule has 3 heterocycles. The Morgan fingerprint density at radius 3 is 2.73 bits per heavy atom. The summed E-state index contributed by atoms with van der Waals surface area (Å²) in [6.45, 7) is 11.0. The van der Waals surface area contributed by atoms with Crippen LogP contribution in [0.5, 0.6) is 0 Å². The van der Waals surface area contributed by atoms with E-state index in [0.717, 1.165) is 31.3 Å². The van der Waals surface area contributed by atoms with Crippen molar-refractivity contribution in [3.05, 3.63) is 23.4 Å². The smallest absolute Gasteiger partial charge is 0.233 e. The number of likely N-dealkylation sites (tertiary alicyclic amines) is 1. The van der Waals surface area contributed by atoms with Crippen LogP contribution in [0.2, 0.25) is 0 Å². The van der Waals surface area contributed by atoms with Crippen molar-refractivity contribution in [1.82, 2.24) is 29.9 Å². The molecule has 2 aromatic rings. The molecule has 0 bridgehead atoms. The van der Waals surface area contributed by atoms with Crippen molar-refractivity contribution in [2.45, 2.75) is 53.1 Å². The number of piperidine rings is 1. The van der Waals surface area contributed by atoms with E-state index in [0.29, 0.717) is 17.7 Å². The van der Waals surface area contributed by atoms with Gasteiger partial charge in [-0.15, -0.1) is 10.2 Å². The van der Waals surface area contributed by atoms with Gasteiger partial charge >= 0.3 is 0 Å². The Labute approximate surface area is 130 Å². The number of rotatable bonds is 4. The van der Waals surface area contributed by atoms with Crippen LogP contribution in [0, 0.1) is 26.7 Å². The van der Waals surface area contributed by atoms with E-state index in [-0.39, 0.29) is 6.04 Å². The molecule has 7 heteroatoms. The molecule has 0 aliphatic carbocycles. The zero-order valence-corrected chi connectivity index (χ0v) is 13.8. The molecule has 1 fully saturated rings. The maximum Gasteiger partial charge on any atom is 0.233 e. The fourth-order valence-corrected chi connectivity index (χ4v) is 3.21. The van der Waals surface area contributed by atoms with Crippen LogP contribution < -0.4 is 0 Å². The minimum atomic E-state index is 0.169. The van der Waals surface area contributed by atoms with E-state index in [4.69, 9.17) is 4.42 Å². The Morgan fingerprint density at radius 2 is 2.09 bits per heavy atom. The molecule has 0 N–H and O–H groups in total. The first kappa shape index (κ1) is 15.1. The van der Waals surface area contributed by atoms with Gasteiger partial charge in [0.15, 0.2) is 0 Å². The second-order valence-electron chi connectivity index (χ2n) is 6.23. The number of hydrogen-bond acceptors (Lipinski definition) is 6. The molecular weight excluding hydrogens is 280 g/mol. The van der Waals surface area contributed by atoms with Gasteiger partial charge in [-0.25, -0.2) is 9.67 Å². The first-order valence-corrected chi connectivity index (χ1v) is 7.95. The van der Waals surface area contributed by atoms with Crippen molar-refractivity contribution in [2.75, 3.05) is 13.1 Å². The first-order valence-electron chi connectivity index (χ1n) is 7.95. The molecule has 22 heavy (non-hydrogen) atoms. The lowest BCUT2D eigenvalue weighted by Crippen LogP contribution is -2.39. The zero-order valence-electron chi connectivity index (χ0n) is 13.8. The van der Waals surface area contributed by atoms with Gasteiger partial charge in [0.05, 0.1) is 6.04 Å². The topological polar surface area (TPSA) is 72.9 Å². The van der Waals surface area contributed by atoms with Gasteiger partial charge in [0.2, 0.25) is 11.8 Å². The quantitative estimate of drug-likeness (QED) is 0.861. The molecule has 1 aliphatic heterocycles. The Morgan fingerprint density at radius 1 is 1.27 bits per heavy atom. The summed E-state index contributed by atoms with van der Waals surface area (Å²) in [7, 11) is 0. The normalized spacial score (nSPS) is 21.2. The molecule has 0 saturated carbocycles. The van der Waals surface area contributed by atoms with Gasteiger partial charge in [-0.2, -0.15) is 5.10 Å². The summed E-state index contributed by atoms with van der Waals surface area (Å²) >= 11 is 0. The summed E-state index contributed by atoms with van der Waals surface area (Å²) in [4.78, 5) is 6.82. The number of nitrogens with zero attached hydrogens (tertiary/aromatic N) is 6. The SMILES string of the molecule is Cc1nc(C)n(C[C@@H]2CCCN([C@@H](C)c3nnc(C)o3)C2)n1. The molecule has 0 radical (unpaired) electrons. The molecule has 1 saturated heterocycles. The van der Waals surface area contributed by atoms with Crippen LogP contribution in [0.1, 0.15) is 49.2 Å². The molecule has 0 amide bonds. The highest BCUT2D eigenvalue weighted by atomic mass is 16.4. The minimum absolute atomic E-state index is 0.169. The molecule has 3 rings (SSSR count). The molecular formula is C15H24N6O.